The van der Waals surface area contributed by atoms with Gasteiger partial charge >= 0.3 is 0 Å². The number of carbonyl (C=O) groups is 1. The first kappa shape index (κ1) is 16.2. The van der Waals surface area contributed by atoms with E-state index in [1.54, 1.807) is 18.2 Å². The van der Waals surface area contributed by atoms with Crippen LogP contribution < -0.4 is 5.32 Å². The largest absolute Gasteiger partial charge is 0.431 e. The van der Waals surface area contributed by atoms with E-state index in [0.29, 0.717) is 32.4 Å². The maximum atomic E-state index is 12.0. The molecule has 23 heavy (non-hydrogen) atoms. The number of hydrogen-bond donors (Lipinski definition) is 1. The number of halogens is 1. The molecule has 0 aliphatic rings. The van der Waals surface area contributed by atoms with Crippen LogP contribution in [0.1, 0.15) is 24.8 Å². The van der Waals surface area contributed by atoms with Crippen LogP contribution in [0.25, 0.3) is 11.1 Å². The van der Waals surface area contributed by atoms with Crippen molar-refractivity contribution >= 4 is 56.8 Å². The molecule has 2 heterocycles. The summed E-state index contributed by atoms with van der Waals surface area (Å²) in [5, 5.41) is 13.1. The fourth-order valence-electron chi connectivity index (χ4n) is 1.74. The fourth-order valence-corrected chi connectivity index (χ4v) is 3.31. The third kappa shape index (κ3) is 4.01. The Balaban J connectivity index is 1.59. The standard InChI is InChI=1S/C14H13ClN4O2S2/c1-7(2)12-18-19-13(23-12)17-11(20)6-22-14-16-9-5-8(15)3-4-10(9)21-14/h3-5,7H,6H2,1-2H3,(H,17,19,20). The van der Waals surface area contributed by atoms with Gasteiger partial charge in [-0.3, -0.25) is 10.1 Å². The van der Waals surface area contributed by atoms with Crippen LogP contribution in [0.5, 0.6) is 0 Å². The van der Waals surface area contributed by atoms with Gasteiger partial charge in [0.2, 0.25) is 11.0 Å². The summed E-state index contributed by atoms with van der Waals surface area (Å²) in [5.74, 6) is 0.290. The second-order valence-corrected chi connectivity index (χ2v) is 7.40. The summed E-state index contributed by atoms with van der Waals surface area (Å²) in [7, 11) is 0. The highest BCUT2D eigenvalue weighted by Crippen LogP contribution is 2.26. The lowest BCUT2D eigenvalue weighted by atomic mass is 10.2. The van der Waals surface area contributed by atoms with Crippen molar-refractivity contribution in [1.82, 2.24) is 15.2 Å². The molecule has 9 heteroatoms. The number of amides is 1. The van der Waals surface area contributed by atoms with Crippen LogP contribution in [-0.2, 0) is 4.79 Å². The van der Waals surface area contributed by atoms with E-state index in [2.05, 4.69) is 20.5 Å². The Morgan fingerprint density at radius 2 is 2.26 bits per heavy atom. The van der Waals surface area contributed by atoms with Crippen molar-refractivity contribution in [2.24, 2.45) is 0 Å². The molecule has 0 bridgehead atoms. The van der Waals surface area contributed by atoms with E-state index >= 15 is 0 Å². The van der Waals surface area contributed by atoms with Gasteiger partial charge in [-0.05, 0) is 18.2 Å². The average Bonchev–Trinajstić information content (AvgIpc) is 3.11. The first-order valence-electron chi connectivity index (χ1n) is 6.83. The van der Waals surface area contributed by atoms with Gasteiger partial charge in [-0.1, -0.05) is 48.5 Å². The van der Waals surface area contributed by atoms with Crippen molar-refractivity contribution < 1.29 is 9.21 Å². The van der Waals surface area contributed by atoms with Gasteiger partial charge in [0.15, 0.2) is 5.58 Å². The van der Waals surface area contributed by atoms with Gasteiger partial charge in [0, 0.05) is 10.9 Å². The molecule has 2 aromatic heterocycles. The molecule has 0 fully saturated rings. The third-order valence-electron chi connectivity index (χ3n) is 2.84. The van der Waals surface area contributed by atoms with E-state index in [4.69, 9.17) is 16.0 Å². The summed E-state index contributed by atoms with van der Waals surface area (Å²) in [6.45, 7) is 4.06. The highest BCUT2D eigenvalue weighted by molar-refractivity contribution is 7.99. The Hall–Kier alpha value is -1.64. The fraction of sp³-hybridized carbons (Fsp3) is 0.286. The summed E-state index contributed by atoms with van der Waals surface area (Å²) in [4.78, 5) is 16.2. The number of oxazole rings is 1. The van der Waals surface area contributed by atoms with Crippen LogP contribution in [0, 0.1) is 0 Å². The first-order valence-corrected chi connectivity index (χ1v) is 9.01. The molecular weight excluding hydrogens is 356 g/mol. The topological polar surface area (TPSA) is 80.9 Å². The molecule has 1 N–H and O–H groups in total. The van der Waals surface area contributed by atoms with E-state index in [0.717, 1.165) is 5.01 Å². The van der Waals surface area contributed by atoms with Crippen LogP contribution in [0.4, 0.5) is 5.13 Å². The molecule has 0 aliphatic carbocycles. The summed E-state index contributed by atoms with van der Waals surface area (Å²) >= 11 is 8.50. The minimum absolute atomic E-state index is 0.178. The van der Waals surface area contributed by atoms with E-state index in [-0.39, 0.29) is 11.7 Å². The van der Waals surface area contributed by atoms with Gasteiger partial charge in [0.05, 0.1) is 5.75 Å². The monoisotopic (exact) mass is 368 g/mol. The predicted molar refractivity (Wildman–Crippen MR) is 92.4 cm³/mol. The number of rotatable bonds is 5. The molecule has 120 valence electrons. The SMILES string of the molecule is CC(C)c1nnc(NC(=O)CSc2nc3cc(Cl)ccc3o2)s1. The van der Waals surface area contributed by atoms with Crippen LogP contribution in [-0.4, -0.2) is 26.8 Å². The smallest absolute Gasteiger partial charge is 0.257 e. The lowest BCUT2D eigenvalue weighted by Crippen LogP contribution is -2.13. The van der Waals surface area contributed by atoms with Crippen molar-refractivity contribution in [3.63, 3.8) is 0 Å². The molecule has 0 radical (unpaired) electrons. The highest BCUT2D eigenvalue weighted by Gasteiger charge is 2.13. The zero-order valence-electron chi connectivity index (χ0n) is 12.4. The Labute approximate surface area is 145 Å². The second kappa shape index (κ2) is 6.86. The summed E-state index contributed by atoms with van der Waals surface area (Å²) in [6, 6.07) is 5.21. The Morgan fingerprint density at radius 1 is 1.43 bits per heavy atom. The van der Waals surface area contributed by atoms with Crippen molar-refractivity contribution in [1.29, 1.82) is 0 Å². The first-order chi connectivity index (χ1) is 11.0. The Kier molecular flexibility index (Phi) is 4.84. The molecule has 0 aliphatic heterocycles. The van der Waals surface area contributed by atoms with Crippen molar-refractivity contribution in [2.45, 2.75) is 25.0 Å². The van der Waals surface area contributed by atoms with Gasteiger partial charge in [0.1, 0.15) is 10.5 Å². The summed E-state index contributed by atoms with van der Waals surface area (Å²) in [5.41, 5.74) is 1.31. The summed E-state index contributed by atoms with van der Waals surface area (Å²) in [6.07, 6.45) is 0. The molecule has 0 saturated heterocycles. The number of nitrogens with one attached hydrogen (secondary N) is 1. The molecule has 0 spiro atoms. The van der Waals surface area contributed by atoms with Gasteiger partial charge in [0.25, 0.3) is 5.22 Å². The minimum Gasteiger partial charge on any atom is -0.431 e. The molecule has 1 aromatic carbocycles. The van der Waals surface area contributed by atoms with Crippen LogP contribution in [0.2, 0.25) is 5.02 Å². The average molecular weight is 369 g/mol. The zero-order chi connectivity index (χ0) is 16.4. The molecule has 0 atom stereocenters. The predicted octanol–water partition coefficient (Wildman–Crippen LogP) is 4.19. The summed E-state index contributed by atoms with van der Waals surface area (Å²) < 4.78 is 5.55. The molecule has 3 aromatic rings. The number of aromatic nitrogens is 3. The van der Waals surface area contributed by atoms with Gasteiger partial charge < -0.3 is 4.42 Å². The highest BCUT2D eigenvalue weighted by atomic mass is 35.5. The minimum atomic E-state index is -0.179. The molecule has 6 nitrogen and oxygen atoms in total. The van der Waals surface area contributed by atoms with Crippen LogP contribution in [0.15, 0.2) is 27.8 Å². The molecule has 1 amide bonds. The molecule has 3 rings (SSSR count). The second-order valence-electron chi connectivity index (χ2n) is 5.03. The zero-order valence-corrected chi connectivity index (χ0v) is 14.8. The van der Waals surface area contributed by atoms with Gasteiger partial charge in [-0.25, -0.2) is 4.98 Å². The normalized spacial score (nSPS) is 11.3. The Bertz CT molecular complexity index is 846. The molecule has 0 saturated carbocycles. The number of nitrogens with zero attached hydrogens (tertiary/aromatic N) is 3. The number of benzene rings is 1. The van der Waals surface area contributed by atoms with E-state index in [1.165, 1.54) is 23.1 Å². The van der Waals surface area contributed by atoms with E-state index < -0.39 is 0 Å². The lowest BCUT2D eigenvalue weighted by Gasteiger charge is -1.98. The molecule has 0 unspecified atom stereocenters. The Morgan fingerprint density at radius 3 is 3.00 bits per heavy atom. The van der Waals surface area contributed by atoms with Crippen molar-refractivity contribution in [3.05, 3.63) is 28.2 Å². The lowest BCUT2D eigenvalue weighted by molar-refractivity contribution is -0.113. The number of thioether (sulfide) groups is 1. The van der Waals surface area contributed by atoms with Crippen molar-refractivity contribution in [2.75, 3.05) is 11.1 Å². The maximum Gasteiger partial charge on any atom is 0.257 e. The van der Waals surface area contributed by atoms with Crippen LogP contribution >= 0.6 is 34.7 Å². The number of hydrogen-bond acceptors (Lipinski definition) is 7. The van der Waals surface area contributed by atoms with Gasteiger partial charge in [-0.2, -0.15) is 0 Å². The number of anilines is 1. The van der Waals surface area contributed by atoms with E-state index in [1.807, 2.05) is 13.8 Å². The van der Waals surface area contributed by atoms with Crippen LogP contribution in [0.3, 0.4) is 0 Å². The quantitative estimate of drug-likeness (QED) is 0.680. The number of fused-ring (bicyclic) bond motifs is 1. The number of carbonyl (C=O) groups excluding carboxylic acids is 1. The van der Waals surface area contributed by atoms with E-state index in [9.17, 15) is 4.79 Å². The van der Waals surface area contributed by atoms with Gasteiger partial charge in [-0.15, -0.1) is 10.2 Å². The molecular formula is C14H13ClN4O2S2. The maximum absolute atomic E-state index is 12.0. The van der Waals surface area contributed by atoms with Crippen molar-refractivity contribution in [3.8, 4) is 0 Å². The third-order valence-corrected chi connectivity index (χ3v) is 5.04.